The molecule has 0 aromatic rings. The lowest BCUT2D eigenvalue weighted by molar-refractivity contribution is -0.919. The predicted molar refractivity (Wildman–Crippen MR) is 69.9 cm³/mol. The molecular weight excluding hydrogens is 262 g/mol. The maximum atomic E-state index is 4.07. The van der Waals surface area contributed by atoms with Crippen LogP contribution in [-0.4, -0.2) is 30.7 Å². The molecule has 0 saturated heterocycles. The molecule has 0 aliphatic carbocycles. The minimum Gasteiger partial charge on any atom is -1.00 e. The molecule has 0 saturated carbocycles. The SMILES string of the molecule is C=C(C)C[N+](CCC)(CCC)CC(=C)C.[Br-]. The first-order chi connectivity index (χ1) is 6.95. The van der Waals surface area contributed by atoms with Crippen molar-refractivity contribution in [1.29, 1.82) is 0 Å². The van der Waals surface area contributed by atoms with Crippen LogP contribution in [0.4, 0.5) is 0 Å². The van der Waals surface area contributed by atoms with Crippen LogP contribution in [0, 0.1) is 0 Å². The van der Waals surface area contributed by atoms with Gasteiger partial charge in [0.2, 0.25) is 0 Å². The van der Waals surface area contributed by atoms with Crippen molar-refractivity contribution >= 4 is 0 Å². The molecule has 0 N–H and O–H groups in total. The summed E-state index contributed by atoms with van der Waals surface area (Å²) in [4.78, 5) is 0. The van der Waals surface area contributed by atoms with Crippen LogP contribution >= 0.6 is 0 Å². The van der Waals surface area contributed by atoms with E-state index in [0.29, 0.717) is 0 Å². The second-order valence-corrected chi connectivity index (χ2v) is 5.02. The van der Waals surface area contributed by atoms with E-state index in [0.717, 1.165) is 17.6 Å². The van der Waals surface area contributed by atoms with Gasteiger partial charge in [0.25, 0.3) is 0 Å². The Kier molecular flexibility index (Phi) is 10.3. The number of hydrogen-bond acceptors (Lipinski definition) is 0. The Balaban J connectivity index is 0. The molecule has 0 unspecified atom stereocenters. The summed E-state index contributed by atoms with van der Waals surface area (Å²) >= 11 is 0. The summed E-state index contributed by atoms with van der Waals surface area (Å²) in [6, 6.07) is 0. The zero-order valence-corrected chi connectivity index (χ0v) is 13.1. The molecule has 0 amide bonds. The molecule has 0 bridgehead atoms. The smallest absolute Gasteiger partial charge is 0.100 e. The second kappa shape index (κ2) is 9.00. The third-order valence-electron chi connectivity index (χ3n) is 2.61. The summed E-state index contributed by atoms with van der Waals surface area (Å²) in [5, 5.41) is 0. The van der Waals surface area contributed by atoms with Crippen LogP contribution in [0.2, 0.25) is 0 Å². The molecule has 0 aromatic heterocycles. The molecule has 0 rings (SSSR count). The highest BCUT2D eigenvalue weighted by molar-refractivity contribution is 4.92. The van der Waals surface area contributed by atoms with Crippen LogP contribution < -0.4 is 17.0 Å². The molecule has 96 valence electrons. The van der Waals surface area contributed by atoms with Gasteiger partial charge < -0.3 is 21.5 Å². The number of hydrogen-bond donors (Lipinski definition) is 0. The fourth-order valence-electron chi connectivity index (χ4n) is 2.58. The third kappa shape index (κ3) is 7.24. The van der Waals surface area contributed by atoms with E-state index in [1.54, 1.807) is 0 Å². The van der Waals surface area contributed by atoms with E-state index >= 15 is 0 Å². The van der Waals surface area contributed by atoms with E-state index < -0.39 is 0 Å². The van der Waals surface area contributed by atoms with Gasteiger partial charge in [0.15, 0.2) is 0 Å². The molecule has 2 heteroatoms. The van der Waals surface area contributed by atoms with Gasteiger partial charge in [-0.25, -0.2) is 0 Å². The van der Waals surface area contributed by atoms with Crippen molar-refractivity contribution in [1.82, 2.24) is 0 Å². The highest BCUT2D eigenvalue weighted by atomic mass is 79.9. The van der Waals surface area contributed by atoms with Crippen molar-refractivity contribution in [3.8, 4) is 0 Å². The first kappa shape index (κ1) is 18.3. The summed E-state index contributed by atoms with van der Waals surface area (Å²) in [6.45, 7) is 21.6. The number of quaternary nitrogens is 1. The predicted octanol–water partition coefficient (Wildman–Crippen LogP) is 0.779. The van der Waals surface area contributed by atoms with Crippen LogP contribution in [0.3, 0.4) is 0 Å². The van der Waals surface area contributed by atoms with Crippen LogP contribution in [0.15, 0.2) is 24.3 Å². The average Bonchev–Trinajstić information content (AvgIpc) is 2.01. The van der Waals surface area contributed by atoms with E-state index in [1.165, 1.54) is 37.1 Å². The third-order valence-corrected chi connectivity index (χ3v) is 2.61. The Morgan fingerprint density at radius 3 is 1.38 bits per heavy atom. The highest BCUT2D eigenvalue weighted by Gasteiger charge is 2.25. The fraction of sp³-hybridized carbons (Fsp3) is 0.714. The molecule has 0 aliphatic heterocycles. The van der Waals surface area contributed by atoms with Crippen LogP contribution in [-0.2, 0) is 0 Å². The molecule has 0 radical (unpaired) electrons. The topological polar surface area (TPSA) is 0 Å². The molecule has 16 heavy (non-hydrogen) atoms. The Hall–Kier alpha value is -0.0800. The van der Waals surface area contributed by atoms with Gasteiger partial charge in [0.05, 0.1) is 13.1 Å². The fourth-order valence-corrected chi connectivity index (χ4v) is 2.58. The van der Waals surface area contributed by atoms with E-state index in [1.807, 2.05) is 0 Å². The Bertz CT molecular complexity index is 197. The number of halogens is 1. The van der Waals surface area contributed by atoms with E-state index in [9.17, 15) is 0 Å². The lowest BCUT2D eigenvalue weighted by atomic mass is 10.1. The number of nitrogens with zero attached hydrogens (tertiary/aromatic N) is 1. The average molecular weight is 290 g/mol. The summed E-state index contributed by atoms with van der Waals surface area (Å²) in [5.74, 6) is 0. The summed E-state index contributed by atoms with van der Waals surface area (Å²) in [7, 11) is 0. The zero-order chi connectivity index (χ0) is 11.9. The first-order valence-corrected chi connectivity index (χ1v) is 6.09. The summed E-state index contributed by atoms with van der Waals surface area (Å²) < 4.78 is 1.15. The zero-order valence-electron chi connectivity index (χ0n) is 11.5. The molecule has 0 spiro atoms. The van der Waals surface area contributed by atoms with Crippen molar-refractivity contribution in [3.63, 3.8) is 0 Å². The van der Waals surface area contributed by atoms with Gasteiger partial charge in [-0.1, -0.05) is 27.0 Å². The maximum Gasteiger partial charge on any atom is 0.100 e. The highest BCUT2D eigenvalue weighted by Crippen LogP contribution is 2.15. The van der Waals surface area contributed by atoms with Crippen LogP contribution in [0.1, 0.15) is 40.5 Å². The van der Waals surface area contributed by atoms with E-state index in [4.69, 9.17) is 0 Å². The normalized spacial score (nSPS) is 10.8. The first-order valence-electron chi connectivity index (χ1n) is 6.09. The van der Waals surface area contributed by atoms with E-state index in [-0.39, 0.29) is 17.0 Å². The van der Waals surface area contributed by atoms with Gasteiger partial charge >= 0.3 is 0 Å². The molecule has 0 aliphatic rings. The maximum absolute atomic E-state index is 4.07. The monoisotopic (exact) mass is 289 g/mol. The quantitative estimate of drug-likeness (QED) is 0.458. The van der Waals surface area contributed by atoms with Crippen molar-refractivity contribution in [2.45, 2.75) is 40.5 Å². The number of rotatable bonds is 8. The van der Waals surface area contributed by atoms with Crippen LogP contribution in [0.25, 0.3) is 0 Å². The van der Waals surface area contributed by atoms with Crippen molar-refractivity contribution < 1.29 is 21.5 Å². The molecule has 0 aromatic carbocycles. The van der Waals surface area contributed by atoms with Crippen molar-refractivity contribution in [2.75, 3.05) is 26.2 Å². The standard InChI is InChI=1S/C14H28N.BrH/c1-7-9-15(10-8-2,11-13(3)4)12-14(5)6;/h3,5,7-12H2,1-2,4,6H3;1H/q+1;/p-1. The molecule has 0 atom stereocenters. The summed E-state index contributed by atoms with van der Waals surface area (Å²) in [5.41, 5.74) is 2.58. The van der Waals surface area contributed by atoms with Crippen LogP contribution in [0.5, 0.6) is 0 Å². The Morgan fingerprint density at radius 1 is 0.875 bits per heavy atom. The Labute approximate surface area is 113 Å². The minimum absolute atomic E-state index is 0. The van der Waals surface area contributed by atoms with Gasteiger partial charge in [-0.15, -0.1) is 0 Å². The molecule has 0 fully saturated rings. The molecule has 0 heterocycles. The van der Waals surface area contributed by atoms with Crippen molar-refractivity contribution in [2.24, 2.45) is 0 Å². The Morgan fingerprint density at radius 2 is 1.19 bits per heavy atom. The summed E-state index contributed by atoms with van der Waals surface area (Å²) in [6.07, 6.45) is 2.47. The lowest BCUT2D eigenvalue weighted by Crippen LogP contribution is -3.00. The van der Waals surface area contributed by atoms with Gasteiger partial charge in [0.1, 0.15) is 13.1 Å². The largest absolute Gasteiger partial charge is 1.00 e. The lowest BCUT2D eigenvalue weighted by Gasteiger charge is -2.39. The van der Waals surface area contributed by atoms with E-state index in [2.05, 4.69) is 40.9 Å². The van der Waals surface area contributed by atoms with Crippen molar-refractivity contribution in [3.05, 3.63) is 24.3 Å². The van der Waals surface area contributed by atoms with Gasteiger partial charge in [-0.2, -0.15) is 0 Å². The van der Waals surface area contributed by atoms with Gasteiger partial charge in [-0.3, -0.25) is 0 Å². The molecule has 1 nitrogen and oxygen atoms in total. The second-order valence-electron chi connectivity index (χ2n) is 5.02. The van der Waals surface area contributed by atoms with Gasteiger partial charge in [-0.05, 0) is 37.8 Å². The molecular formula is C14H28BrN. The minimum atomic E-state index is 0. The van der Waals surface area contributed by atoms with Gasteiger partial charge in [0, 0.05) is 0 Å².